The van der Waals surface area contributed by atoms with Crippen LogP contribution in [0.3, 0.4) is 0 Å². The van der Waals surface area contributed by atoms with Gasteiger partial charge in [0.1, 0.15) is 9.53 Å². The molecule has 3 heteroatoms. The van der Waals surface area contributed by atoms with Crippen LogP contribution >= 0.6 is 22.6 Å². The van der Waals surface area contributed by atoms with Gasteiger partial charge in [-0.2, -0.15) is 0 Å². The summed E-state index contributed by atoms with van der Waals surface area (Å²) in [6, 6.07) is 20.5. The van der Waals surface area contributed by atoms with E-state index in [1.54, 1.807) is 0 Å². The van der Waals surface area contributed by atoms with Gasteiger partial charge in [0.25, 0.3) is 0 Å². The van der Waals surface area contributed by atoms with E-state index >= 15 is 0 Å². The smallest absolute Gasteiger partial charge is 0.145 e. The molecule has 0 spiro atoms. The van der Waals surface area contributed by atoms with Crippen molar-refractivity contribution in [3.8, 4) is 17.1 Å². The standard InChI is InChI=1S/C15H11IN2/c16-14-11-17-15(12-7-3-1-4-8-12)18(14)13-9-5-2-6-10-13/h1-11H. The molecule has 0 fully saturated rings. The van der Waals surface area contributed by atoms with E-state index in [2.05, 4.69) is 56.4 Å². The first-order valence-corrected chi connectivity index (χ1v) is 6.78. The number of para-hydroxylation sites is 1. The Labute approximate surface area is 119 Å². The van der Waals surface area contributed by atoms with E-state index in [0.29, 0.717) is 0 Å². The van der Waals surface area contributed by atoms with Gasteiger partial charge in [0, 0.05) is 11.3 Å². The summed E-state index contributed by atoms with van der Waals surface area (Å²) in [6.07, 6.45) is 1.90. The maximum atomic E-state index is 4.52. The summed E-state index contributed by atoms with van der Waals surface area (Å²) < 4.78 is 3.27. The van der Waals surface area contributed by atoms with Crippen molar-refractivity contribution in [3.05, 3.63) is 70.6 Å². The minimum Gasteiger partial charge on any atom is -0.288 e. The van der Waals surface area contributed by atoms with Gasteiger partial charge < -0.3 is 0 Å². The zero-order valence-corrected chi connectivity index (χ0v) is 11.8. The molecule has 0 N–H and O–H groups in total. The van der Waals surface area contributed by atoms with Crippen LogP contribution in [0.2, 0.25) is 0 Å². The average Bonchev–Trinajstić information content (AvgIpc) is 2.83. The molecule has 18 heavy (non-hydrogen) atoms. The molecule has 2 nitrogen and oxygen atoms in total. The summed E-state index contributed by atoms with van der Waals surface area (Å²) in [5.41, 5.74) is 2.27. The van der Waals surface area contributed by atoms with Crippen LogP contribution in [0, 0.1) is 3.70 Å². The van der Waals surface area contributed by atoms with Crippen LogP contribution in [-0.4, -0.2) is 9.55 Å². The van der Waals surface area contributed by atoms with Gasteiger partial charge in [0.05, 0.1) is 6.20 Å². The van der Waals surface area contributed by atoms with Crippen LogP contribution in [0.5, 0.6) is 0 Å². The molecule has 0 aliphatic carbocycles. The molecule has 0 radical (unpaired) electrons. The molecule has 0 bridgehead atoms. The Morgan fingerprint density at radius 2 is 1.44 bits per heavy atom. The van der Waals surface area contributed by atoms with Crippen molar-refractivity contribution < 1.29 is 0 Å². The summed E-state index contributed by atoms with van der Waals surface area (Å²) in [5, 5.41) is 0. The van der Waals surface area contributed by atoms with Crippen molar-refractivity contribution in [1.82, 2.24) is 9.55 Å². The molecule has 88 valence electrons. The number of aromatic nitrogens is 2. The molecule has 2 aromatic carbocycles. The number of rotatable bonds is 2. The van der Waals surface area contributed by atoms with E-state index in [4.69, 9.17) is 0 Å². The van der Waals surface area contributed by atoms with Crippen molar-refractivity contribution in [1.29, 1.82) is 0 Å². The predicted molar refractivity (Wildman–Crippen MR) is 81.7 cm³/mol. The van der Waals surface area contributed by atoms with Crippen molar-refractivity contribution in [2.75, 3.05) is 0 Å². The van der Waals surface area contributed by atoms with Gasteiger partial charge in [-0.3, -0.25) is 4.57 Å². The number of halogens is 1. The van der Waals surface area contributed by atoms with E-state index in [9.17, 15) is 0 Å². The lowest BCUT2D eigenvalue weighted by Crippen LogP contribution is -1.99. The fraction of sp³-hybridized carbons (Fsp3) is 0. The molecule has 0 amide bonds. The first kappa shape index (κ1) is 11.5. The largest absolute Gasteiger partial charge is 0.288 e. The number of nitrogens with zero attached hydrogens (tertiary/aromatic N) is 2. The highest BCUT2D eigenvalue weighted by Crippen LogP contribution is 2.24. The highest BCUT2D eigenvalue weighted by Gasteiger charge is 2.10. The first-order chi connectivity index (χ1) is 8.86. The fourth-order valence-corrected chi connectivity index (χ4v) is 2.59. The zero-order chi connectivity index (χ0) is 12.4. The SMILES string of the molecule is Ic1cnc(-c2ccccc2)n1-c1ccccc1. The van der Waals surface area contributed by atoms with Crippen molar-refractivity contribution in [3.63, 3.8) is 0 Å². The van der Waals surface area contributed by atoms with Gasteiger partial charge in [-0.15, -0.1) is 0 Å². The third-order valence-electron chi connectivity index (χ3n) is 2.77. The van der Waals surface area contributed by atoms with Gasteiger partial charge in [-0.25, -0.2) is 4.98 Å². The van der Waals surface area contributed by atoms with Crippen LogP contribution in [0.25, 0.3) is 17.1 Å². The summed E-state index contributed by atoms with van der Waals surface area (Å²) >= 11 is 2.31. The Morgan fingerprint density at radius 3 is 2.11 bits per heavy atom. The summed E-state index contributed by atoms with van der Waals surface area (Å²) in [5.74, 6) is 0.978. The van der Waals surface area contributed by atoms with E-state index in [1.807, 2.05) is 42.6 Å². The maximum absolute atomic E-state index is 4.52. The molecule has 1 aromatic heterocycles. The van der Waals surface area contributed by atoms with Crippen LogP contribution < -0.4 is 0 Å². The third kappa shape index (κ3) is 2.06. The van der Waals surface area contributed by atoms with E-state index in [-0.39, 0.29) is 0 Å². The number of imidazole rings is 1. The van der Waals surface area contributed by atoms with E-state index in [1.165, 1.54) is 0 Å². The Morgan fingerprint density at radius 1 is 0.833 bits per heavy atom. The first-order valence-electron chi connectivity index (χ1n) is 5.70. The lowest BCUT2D eigenvalue weighted by molar-refractivity contribution is 1.04. The van der Waals surface area contributed by atoms with Gasteiger partial charge in [-0.1, -0.05) is 48.5 Å². The molecule has 1 heterocycles. The summed E-state index contributed by atoms with van der Waals surface area (Å²) in [6.45, 7) is 0. The monoisotopic (exact) mass is 346 g/mol. The Bertz CT molecular complexity index is 645. The predicted octanol–water partition coefficient (Wildman–Crippen LogP) is 4.14. The van der Waals surface area contributed by atoms with Crippen molar-refractivity contribution in [2.24, 2.45) is 0 Å². The van der Waals surface area contributed by atoms with Gasteiger partial charge in [0.2, 0.25) is 0 Å². The summed E-state index contributed by atoms with van der Waals surface area (Å²) in [4.78, 5) is 4.52. The normalized spacial score (nSPS) is 10.5. The van der Waals surface area contributed by atoms with E-state index in [0.717, 1.165) is 20.8 Å². The maximum Gasteiger partial charge on any atom is 0.145 e. The van der Waals surface area contributed by atoms with Crippen molar-refractivity contribution >= 4 is 22.6 Å². The molecule has 0 unspecified atom stereocenters. The molecule has 0 aliphatic heterocycles. The average molecular weight is 346 g/mol. The van der Waals surface area contributed by atoms with Gasteiger partial charge in [-0.05, 0) is 34.7 Å². The molecule has 0 saturated carbocycles. The van der Waals surface area contributed by atoms with Crippen LogP contribution in [0.1, 0.15) is 0 Å². The second-order valence-corrected chi connectivity index (χ2v) is 5.05. The van der Waals surface area contributed by atoms with Crippen molar-refractivity contribution in [2.45, 2.75) is 0 Å². The topological polar surface area (TPSA) is 17.8 Å². The molecular formula is C15H11IN2. The Hall–Kier alpha value is -1.62. The summed E-state index contributed by atoms with van der Waals surface area (Å²) in [7, 11) is 0. The molecule has 0 saturated heterocycles. The molecule has 3 aromatic rings. The molecular weight excluding hydrogens is 335 g/mol. The minimum atomic E-state index is 0.978. The Kier molecular flexibility index (Phi) is 3.15. The Balaban J connectivity index is 2.19. The minimum absolute atomic E-state index is 0.978. The quantitative estimate of drug-likeness (QED) is 0.638. The second kappa shape index (κ2) is 4.94. The van der Waals surface area contributed by atoms with E-state index < -0.39 is 0 Å². The lowest BCUT2D eigenvalue weighted by Gasteiger charge is -2.09. The third-order valence-corrected chi connectivity index (χ3v) is 3.53. The number of hydrogen-bond acceptors (Lipinski definition) is 1. The van der Waals surface area contributed by atoms with Gasteiger partial charge >= 0.3 is 0 Å². The highest BCUT2D eigenvalue weighted by molar-refractivity contribution is 14.1. The number of hydrogen-bond donors (Lipinski definition) is 0. The zero-order valence-electron chi connectivity index (χ0n) is 9.62. The highest BCUT2D eigenvalue weighted by atomic mass is 127. The molecule has 3 rings (SSSR count). The molecule has 0 aliphatic rings. The lowest BCUT2D eigenvalue weighted by atomic mass is 10.2. The second-order valence-electron chi connectivity index (χ2n) is 3.94. The van der Waals surface area contributed by atoms with Gasteiger partial charge in [0.15, 0.2) is 0 Å². The number of benzene rings is 2. The molecule has 0 atom stereocenters. The van der Waals surface area contributed by atoms with Crippen LogP contribution in [0.4, 0.5) is 0 Å². The fourth-order valence-electron chi connectivity index (χ4n) is 1.94. The van der Waals surface area contributed by atoms with Crippen LogP contribution in [0.15, 0.2) is 66.9 Å². The van der Waals surface area contributed by atoms with Crippen LogP contribution in [-0.2, 0) is 0 Å².